The Kier molecular flexibility index (Phi) is 7.47. The summed E-state index contributed by atoms with van der Waals surface area (Å²) >= 11 is 0. The van der Waals surface area contributed by atoms with E-state index in [9.17, 15) is 19.2 Å². The number of amides is 2. The normalized spacial score (nSPS) is 17.5. The summed E-state index contributed by atoms with van der Waals surface area (Å²) in [4.78, 5) is 57.0. The van der Waals surface area contributed by atoms with Crippen LogP contribution in [0.15, 0.2) is 31.1 Å². The van der Waals surface area contributed by atoms with Crippen LogP contribution < -0.4 is 10.6 Å². The molecule has 1 saturated heterocycles. The number of carboxylic acids is 1. The molecule has 1 aromatic heterocycles. The van der Waals surface area contributed by atoms with Gasteiger partial charge in [-0.1, -0.05) is 26.5 Å². The molecule has 0 radical (unpaired) electrons. The van der Waals surface area contributed by atoms with Gasteiger partial charge >= 0.3 is 5.97 Å². The highest BCUT2D eigenvalue weighted by atomic mass is 16.4. The summed E-state index contributed by atoms with van der Waals surface area (Å²) in [7, 11) is 0. The molecular formula is C23H29N5O5. The highest BCUT2D eigenvalue weighted by molar-refractivity contribution is 5.93. The topological polar surface area (TPSA) is 144 Å². The Morgan fingerprint density at radius 3 is 2.76 bits per heavy atom. The molecule has 1 aromatic carbocycles. The number of H-pyrrole nitrogens is 1. The first kappa shape index (κ1) is 24.0. The van der Waals surface area contributed by atoms with Crippen molar-refractivity contribution >= 4 is 40.8 Å². The van der Waals surface area contributed by atoms with Gasteiger partial charge in [-0.15, -0.1) is 0 Å². The fourth-order valence-electron chi connectivity index (χ4n) is 3.99. The largest absolute Gasteiger partial charge is 0.481 e. The van der Waals surface area contributed by atoms with Crippen molar-refractivity contribution in [1.29, 1.82) is 0 Å². The van der Waals surface area contributed by atoms with E-state index in [2.05, 4.69) is 27.2 Å². The van der Waals surface area contributed by atoms with Gasteiger partial charge in [0.1, 0.15) is 18.4 Å². The zero-order chi connectivity index (χ0) is 24.1. The van der Waals surface area contributed by atoms with E-state index in [1.165, 1.54) is 4.90 Å². The fourth-order valence-corrected chi connectivity index (χ4v) is 3.99. The molecule has 2 heterocycles. The molecule has 2 amide bonds. The van der Waals surface area contributed by atoms with E-state index < -0.39 is 36.4 Å². The summed E-state index contributed by atoms with van der Waals surface area (Å²) < 4.78 is 0. The number of carboxylic acid groups (broad SMARTS) is 1. The van der Waals surface area contributed by atoms with Crippen LogP contribution in [0.5, 0.6) is 0 Å². The highest BCUT2D eigenvalue weighted by Gasteiger charge is 2.38. The summed E-state index contributed by atoms with van der Waals surface area (Å²) in [5.41, 5.74) is 3.06. The lowest BCUT2D eigenvalue weighted by atomic mass is 10.0. The molecular weight excluding hydrogens is 426 g/mol. The number of likely N-dealkylation sites (tertiary alicyclic amines) is 1. The molecule has 0 spiro atoms. The first-order valence-electron chi connectivity index (χ1n) is 10.9. The number of aldehydes is 1. The number of nitrogens with one attached hydrogen (secondary N) is 3. The molecule has 3 rings (SSSR count). The number of nitrogens with zero attached hydrogens (tertiary/aromatic N) is 2. The number of aliphatic carboxylic acids is 1. The van der Waals surface area contributed by atoms with Crippen LogP contribution in [-0.2, 0) is 19.2 Å². The van der Waals surface area contributed by atoms with Crippen molar-refractivity contribution in [1.82, 2.24) is 25.5 Å². The third kappa shape index (κ3) is 5.57. The molecule has 0 saturated carbocycles. The van der Waals surface area contributed by atoms with E-state index in [-0.39, 0.29) is 11.8 Å². The van der Waals surface area contributed by atoms with Crippen molar-refractivity contribution in [3.63, 3.8) is 0 Å². The van der Waals surface area contributed by atoms with Gasteiger partial charge in [-0.25, -0.2) is 4.98 Å². The summed E-state index contributed by atoms with van der Waals surface area (Å²) in [6.07, 6.45) is 2.57. The van der Waals surface area contributed by atoms with Crippen LogP contribution in [0.2, 0.25) is 0 Å². The second-order valence-electron chi connectivity index (χ2n) is 8.52. The van der Waals surface area contributed by atoms with E-state index in [1.807, 2.05) is 32.0 Å². The minimum absolute atomic E-state index is 0.0934. The number of carbonyl (C=O) groups excluding carboxylic acids is 3. The number of aromatic nitrogens is 2. The van der Waals surface area contributed by atoms with E-state index in [1.54, 1.807) is 6.33 Å². The van der Waals surface area contributed by atoms with Gasteiger partial charge in [-0.05, 0) is 36.5 Å². The number of rotatable bonds is 10. The molecule has 10 nitrogen and oxygen atoms in total. The predicted octanol–water partition coefficient (Wildman–Crippen LogP) is 1.30. The number of hydrogen-bond donors (Lipinski definition) is 4. The van der Waals surface area contributed by atoms with Crippen LogP contribution in [-0.4, -0.2) is 68.7 Å². The third-order valence-electron chi connectivity index (χ3n) is 5.76. The monoisotopic (exact) mass is 455 g/mol. The van der Waals surface area contributed by atoms with Crippen LogP contribution >= 0.6 is 0 Å². The predicted molar refractivity (Wildman–Crippen MR) is 122 cm³/mol. The molecule has 1 fully saturated rings. The molecule has 0 bridgehead atoms. The molecule has 2 aromatic rings. The number of fused-ring (bicyclic) bond motifs is 1. The molecule has 10 heteroatoms. The smallest absolute Gasteiger partial charge is 0.305 e. The van der Waals surface area contributed by atoms with Gasteiger partial charge in [0, 0.05) is 12.2 Å². The summed E-state index contributed by atoms with van der Waals surface area (Å²) in [6.45, 7) is 8.30. The van der Waals surface area contributed by atoms with Crippen molar-refractivity contribution in [2.24, 2.45) is 5.92 Å². The Hall–Kier alpha value is -3.69. The van der Waals surface area contributed by atoms with Crippen LogP contribution in [0.3, 0.4) is 0 Å². The van der Waals surface area contributed by atoms with Crippen LogP contribution in [0.4, 0.5) is 0 Å². The minimum Gasteiger partial charge on any atom is -0.481 e. The van der Waals surface area contributed by atoms with Gasteiger partial charge in [0.15, 0.2) is 0 Å². The third-order valence-corrected chi connectivity index (χ3v) is 5.76. The van der Waals surface area contributed by atoms with Crippen LogP contribution in [0.25, 0.3) is 16.7 Å². The van der Waals surface area contributed by atoms with E-state index in [4.69, 9.17) is 5.11 Å². The van der Waals surface area contributed by atoms with Crippen LogP contribution in [0.1, 0.15) is 38.7 Å². The standard InChI is InChI=1S/C23H29N5O5/c1-13(2)21(26-14(3)15-6-7-17-18(9-15)25-12-24-17)23(33)28-8-4-5-19(28)22(32)27-16(11-29)10-20(30)31/h6-7,9,11-13,16,19,21,26H,3-5,8,10H2,1-2H3,(H,24,25)(H,27,32)(H,30,31)/t16?,19?,21-/m0/s1. The number of aromatic amines is 1. The van der Waals surface area contributed by atoms with E-state index >= 15 is 0 Å². The van der Waals surface area contributed by atoms with Gasteiger partial charge in [0.2, 0.25) is 11.8 Å². The number of hydrogen-bond acceptors (Lipinski definition) is 6. The maximum Gasteiger partial charge on any atom is 0.305 e. The summed E-state index contributed by atoms with van der Waals surface area (Å²) in [5, 5.41) is 14.6. The first-order valence-corrected chi connectivity index (χ1v) is 10.9. The summed E-state index contributed by atoms with van der Waals surface area (Å²) in [5.74, 6) is -2.05. The number of imidazole rings is 1. The molecule has 33 heavy (non-hydrogen) atoms. The zero-order valence-electron chi connectivity index (χ0n) is 18.7. The van der Waals surface area contributed by atoms with Crippen molar-refractivity contribution in [2.75, 3.05) is 6.54 Å². The summed E-state index contributed by atoms with van der Waals surface area (Å²) in [6, 6.07) is 3.11. The van der Waals surface area contributed by atoms with E-state index in [0.717, 1.165) is 16.6 Å². The second kappa shape index (κ2) is 10.3. The Morgan fingerprint density at radius 2 is 2.09 bits per heavy atom. The maximum atomic E-state index is 13.4. The Balaban J connectivity index is 1.72. The lowest BCUT2D eigenvalue weighted by Gasteiger charge is -2.32. The SMILES string of the molecule is C=C(N[C@H](C(=O)N1CCCC1C(=O)NC(C=O)CC(=O)O)C(C)C)c1ccc2nc[nH]c2c1. The quantitative estimate of drug-likeness (QED) is 0.395. The Bertz CT molecular complexity index is 1060. The number of carbonyl (C=O) groups is 4. The van der Waals surface area contributed by atoms with Crippen LogP contribution in [0, 0.1) is 5.92 Å². The Morgan fingerprint density at radius 1 is 1.33 bits per heavy atom. The fraction of sp³-hybridized carbons (Fsp3) is 0.435. The number of benzene rings is 1. The van der Waals surface area contributed by atoms with E-state index in [0.29, 0.717) is 31.4 Å². The molecule has 176 valence electrons. The van der Waals surface area contributed by atoms with Gasteiger partial charge in [0.25, 0.3) is 0 Å². The maximum absolute atomic E-state index is 13.4. The second-order valence-corrected chi connectivity index (χ2v) is 8.52. The van der Waals surface area contributed by atoms with Crippen molar-refractivity contribution in [3.8, 4) is 0 Å². The molecule has 1 aliphatic heterocycles. The molecule has 2 unspecified atom stereocenters. The molecule has 0 aliphatic carbocycles. The van der Waals surface area contributed by atoms with Crippen molar-refractivity contribution in [3.05, 3.63) is 36.7 Å². The minimum atomic E-state index is -1.19. The van der Waals surface area contributed by atoms with Crippen molar-refractivity contribution in [2.45, 2.75) is 51.2 Å². The van der Waals surface area contributed by atoms with Gasteiger partial charge in [-0.2, -0.15) is 0 Å². The van der Waals surface area contributed by atoms with Gasteiger partial charge in [0.05, 0.1) is 29.8 Å². The lowest BCUT2D eigenvalue weighted by molar-refractivity contribution is -0.142. The zero-order valence-corrected chi connectivity index (χ0v) is 18.7. The molecule has 1 aliphatic rings. The molecule has 4 N–H and O–H groups in total. The Labute approximate surface area is 191 Å². The molecule has 3 atom stereocenters. The first-order chi connectivity index (χ1) is 15.7. The highest BCUT2D eigenvalue weighted by Crippen LogP contribution is 2.23. The van der Waals surface area contributed by atoms with Crippen molar-refractivity contribution < 1.29 is 24.3 Å². The lowest BCUT2D eigenvalue weighted by Crippen LogP contribution is -2.55. The van der Waals surface area contributed by atoms with Gasteiger partial charge in [-0.3, -0.25) is 14.4 Å². The van der Waals surface area contributed by atoms with Gasteiger partial charge < -0.3 is 30.4 Å². The average Bonchev–Trinajstić information content (AvgIpc) is 3.44. The average molecular weight is 456 g/mol.